The van der Waals surface area contributed by atoms with Gasteiger partial charge in [-0.2, -0.15) is 0 Å². The SMILES string of the molecule is C[C@H]1[C@@H](CN2CCCCC2)O[C@@H](c2cccc(NC(=O)C(Cl)(Cl)Cl)c2)O[C@H]1c1ccc(CO)cc1. The minimum atomic E-state index is -2.06. The predicted molar refractivity (Wildman–Crippen MR) is 139 cm³/mol. The van der Waals surface area contributed by atoms with Gasteiger partial charge in [-0.05, 0) is 49.2 Å². The minimum Gasteiger partial charge on any atom is -0.392 e. The number of carbonyl (C=O) groups excluding carboxylic acids is 1. The Hall–Kier alpha value is -1.38. The first-order chi connectivity index (χ1) is 16.7. The maximum atomic E-state index is 12.1. The standard InChI is InChI=1S/C26H31Cl3N2O4/c1-17-22(15-31-12-3-2-4-13-31)34-24(35-23(17)19-10-8-18(16-32)9-11-19)20-6-5-7-21(14-20)30-25(33)26(27,28)29/h5-11,14,17,22-24,32H,2-4,12-13,15-16H2,1H3,(H,30,33)/t17-,22+,23+,24+/m0/s1. The van der Waals surface area contributed by atoms with Gasteiger partial charge in [-0.1, -0.05) is 84.5 Å². The summed E-state index contributed by atoms with van der Waals surface area (Å²) in [4.78, 5) is 14.6. The van der Waals surface area contributed by atoms with E-state index in [9.17, 15) is 9.90 Å². The molecule has 2 aliphatic rings. The molecule has 0 aromatic heterocycles. The van der Waals surface area contributed by atoms with E-state index in [2.05, 4.69) is 17.1 Å². The van der Waals surface area contributed by atoms with Crippen molar-refractivity contribution >= 4 is 46.4 Å². The second-order valence-electron chi connectivity index (χ2n) is 9.26. The molecule has 2 N–H and O–H groups in total. The summed E-state index contributed by atoms with van der Waals surface area (Å²) >= 11 is 17.1. The van der Waals surface area contributed by atoms with Crippen molar-refractivity contribution in [2.45, 2.75) is 55.1 Å². The highest BCUT2D eigenvalue weighted by Gasteiger charge is 2.39. The maximum Gasteiger partial charge on any atom is 0.276 e. The van der Waals surface area contributed by atoms with Gasteiger partial charge in [0, 0.05) is 23.7 Å². The van der Waals surface area contributed by atoms with E-state index in [4.69, 9.17) is 44.3 Å². The molecule has 4 rings (SSSR count). The average molecular weight is 542 g/mol. The smallest absolute Gasteiger partial charge is 0.276 e. The fourth-order valence-corrected chi connectivity index (χ4v) is 4.83. The number of likely N-dealkylation sites (tertiary alicyclic amines) is 1. The first kappa shape index (κ1) is 26.7. The van der Waals surface area contributed by atoms with Crippen LogP contribution in [0.4, 0.5) is 5.69 Å². The molecule has 2 saturated heterocycles. The Morgan fingerprint density at radius 1 is 1.06 bits per heavy atom. The van der Waals surface area contributed by atoms with Crippen molar-refractivity contribution in [2.75, 3.05) is 25.0 Å². The van der Waals surface area contributed by atoms with Crippen LogP contribution in [0.1, 0.15) is 55.3 Å². The molecule has 6 nitrogen and oxygen atoms in total. The van der Waals surface area contributed by atoms with Crippen molar-refractivity contribution < 1.29 is 19.4 Å². The Balaban J connectivity index is 1.59. The minimum absolute atomic E-state index is 0.00260. The predicted octanol–water partition coefficient (Wildman–Crippen LogP) is 5.76. The lowest BCUT2D eigenvalue weighted by atomic mass is 9.89. The lowest BCUT2D eigenvalue weighted by Gasteiger charge is -2.43. The van der Waals surface area contributed by atoms with Crippen molar-refractivity contribution in [1.29, 1.82) is 0 Å². The third-order valence-corrected chi connectivity index (χ3v) is 7.20. The molecule has 9 heteroatoms. The molecule has 2 heterocycles. The van der Waals surface area contributed by atoms with E-state index >= 15 is 0 Å². The number of alkyl halides is 3. The number of hydrogen-bond donors (Lipinski definition) is 2. The number of rotatable bonds is 6. The number of carbonyl (C=O) groups is 1. The number of aliphatic hydroxyl groups excluding tert-OH is 1. The Morgan fingerprint density at radius 2 is 1.77 bits per heavy atom. The highest BCUT2D eigenvalue weighted by Crippen LogP contribution is 2.42. The normalized spacial score (nSPS) is 25.9. The zero-order chi connectivity index (χ0) is 25.0. The lowest BCUT2D eigenvalue weighted by molar-refractivity contribution is -0.276. The third kappa shape index (κ3) is 6.89. The summed E-state index contributed by atoms with van der Waals surface area (Å²) in [5.74, 6) is -0.621. The molecule has 2 aromatic carbocycles. The van der Waals surface area contributed by atoms with Gasteiger partial charge in [0.1, 0.15) is 0 Å². The van der Waals surface area contributed by atoms with Gasteiger partial charge in [-0.15, -0.1) is 0 Å². The number of halogens is 3. The Labute approximate surface area is 221 Å². The first-order valence-electron chi connectivity index (χ1n) is 12.0. The summed E-state index contributed by atoms with van der Waals surface area (Å²) in [5.41, 5.74) is 3.14. The topological polar surface area (TPSA) is 71.0 Å². The van der Waals surface area contributed by atoms with E-state index in [0.29, 0.717) is 5.69 Å². The number of benzene rings is 2. The van der Waals surface area contributed by atoms with E-state index in [-0.39, 0.29) is 24.7 Å². The zero-order valence-electron chi connectivity index (χ0n) is 19.6. The van der Waals surface area contributed by atoms with Crippen molar-refractivity contribution in [2.24, 2.45) is 5.92 Å². The van der Waals surface area contributed by atoms with Crippen LogP contribution in [-0.2, 0) is 20.9 Å². The van der Waals surface area contributed by atoms with Crippen LogP contribution >= 0.6 is 34.8 Å². The number of aliphatic hydroxyl groups is 1. The molecular formula is C26H31Cl3N2O4. The van der Waals surface area contributed by atoms with Crippen LogP contribution in [0.15, 0.2) is 48.5 Å². The van der Waals surface area contributed by atoms with Crippen LogP contribution in [0.2, 0.25) is 0 Å². The summed E-state index contributed by atoms with van der Waals surface area (Å²) in [7, 11) is 0. The zero-order valence-corrected chi connectivity index (χ0v) is 21.9. The van der Waals surface area contributed by atoms with E-state index < -0.39 is 16.0 Å². The molecule has 2 aromatic rings. The number of amides is 1. The Morgan fingerprint density at radius 3 is 2.43 bits per heavy atom. The molecule has 4 atom stereocenters. The Kier molecular flexibility index (Phi) is 8.98. The van der Waals surface area contributed by atoms with Gasteiger partial charge in [0.15, 0.2) is 6.29 Å². The molecule has 1 amide bonds. The van der Waals surface area contributed by atoms with Crippen molar-refractivity contribution in [3.05, 3.63) is 65.2 Å². The molecule has 0 unspecified atom stereocenters. The highest BCUT2D eigenvalue weighted by atomic mass is 35.6. The second kappa shape index (κ2) is 11.8. The summed E-state index contributed by atoms with van der Waals surface area (Å²) in [6.45, 7) is 5.14. The summed E-state index contributed by atoms with van der Waals surface area (Å²) in [6, 6.07) is 15.0. The second-order valence-corrected chi connectivity index (χ2v) is 11.5. The van der Waals surface area contributed by atoms with E-state index in [0.717, 1.165) is 36.3 Å². The van der Waals surface area contributed by atoms with Crippen LogP contribution < -0.4 is 5.32 Å². The van der Waals surface area contributed by atoms with Gasteiger partial charge in [-0.3, -0.25) is 4.79 Å². The van der Waals surface area contributed by atoms with Gasteiger partial charge in [0.2, 0.25) is 0 Å². The molecule has 2 aliphatic heterocycles. The molecule has 0 bridgehead atoms. The number of piperidine rings is 1. The maximum absolute atomic E-state index is 12.1. The number of hydrogen-bond acceptors (Lipinski definition) is 5. The molecule has 0 spiro atoms. The highest BCUT2D eigenvalue weighted by molar-refractivity contribution is 6.76. The Bertz CT molecular complexity index is 993. The van der Waals surface area contributed by atoms with Crippen LogP contribution in [0.25, 0.3) is 0 Å². The van der Waals surface area contributed by atoms with Crippen molar-refractivity contribution in [3.63, 3.8) is 0 Å². The lowest BCUT2D eigenvalue weighted by Crippen LogP contribution is -2.45. The fourth-order valence-electron chi connectivity index (χ4n) is 4.69. The van der Waals surface area contributed by atoms with Gasteiger partial charge < -0.3 is 24.8 Å². The molecule has 190 valence electrons. The number of ether oxygens (including phenoxy) is 2. The summed E-state index contributed by atoms with van der Waals surface area (Å²) in [6.07, 6.45) is 2.81. The van der Waals surface area contributed by atoms with Crippen molar-refractivity contribution in [3.8, 4) is 0 Å². The van der Waals surface area contributed by atoms with E-state index in [1.54, 1.807) is 18.2 Å². The number of anilines is 1. The van der Waals surface area contributed by atoms with Gasteiger partial charge in [0.05, 0.1) is 18.8 Å². The van der Waals surface area contributed by atoms with E-state index in [1.165, 1.54) is 19.3 Å². The molecule has 35 heavy (non-hydrogen) atoms. The third-order valence-electron chi connectivity index (χ3n) is 6.68. The van der Waals surface area contributed by atoms with Crippen LogP contribution in [0.3, 0.4) is 0 Å². The van der Waals surface area contributed by atoms with Crippen molar-refractivity contribution in [1.82, 2.24) is 4.90 Å². The quantitative estimate of drug-likeness (QED) is 0.455. The van der Waals surface area contributed by atoms with Crippen LogP contribution in [-0.4, -0.2) is 45.4 Å². The monoisotopic (exact) mass is 540 g/mol. The van der Waals surface area contributed by atoms with Gasteiger partial charge >= 0.3 is 0 Å². The van der Waals surface area contributed by atoms with Gasteiger partial charge in [-0.25, -0.2) is 0 Å². The molecule has 0 saturated carbocycles. The molecule has 2 fully saturated rings. The first-order valence-corrected chi connectivity index (χ1v) is 13.1. The molecule has 0 radical (unpaired) electrons. The van der Waals surface area contributed by atoms with Crippen LogP contribution in [0, 0.1) is 5.92 Å². The summed E-state index contributed by atoms with van der Waals surface area (Å²) in [5, 5.41) is 12.1. The molecule has 0 aliphatic carbocycles. The largest absolute Gasteiger partial charge is 0.392 e. The summed E-state index contributed by atoms with van der Waals surface area (Å²) < 4.78 is 11.0. The van der Waals surface area contributed by atoms with E-state index in [1.807, 2.05) is 30.3 Å². The fraction of sp³-hybridized carbons (Fsp3) is 0.500. The van der Waals surface area contributed by atoms with Gasteiger partial charge in [0.25, 0.3) is 9.70 Å². The average Bonchev–Trinajstić information content (AvgIpc) is 2.85. The molecular weight excluding hydrogens is 511 g/mol. The van der Waals surface area contributed by atoms with Crippen LogP contribution in [0.5, 0.6) is 0 Å². The number of nitrogens with one attached hydrogen (secondary N) is 1. The number of nitrogens with zero attached hydrogens (tertiary/aromatic N) is 1.